The number of hydrogen-bond acceptors (Lipinski definition) is 2. The lowest BCUT2D eigenvalue weighted by atomic mass is 9.91. The lowest BCUT2D eigenvalue weighted by molar-refractivity contribution is 0.382. The minimum atomic E-state index is -3.13. The second-order valence-corrected chi connectivity index (χ2v) is 7.40. The maximum Gasteiger partial charge on any atom is 0.181 e. The van der Waals surface area contributed by atoms with Crippen LogP contribution in [-0.4, -0.2) is 13.7 Å². The van der Waals surface area contributed by atoms with Gasteiger partial charge in [-0.1, -0.05) is 38.0 Å². The van der Waals surface area contributed by atoms with Gasteiger partial charge in [0.1, 0.15) is 0 Å². The summed E-state index contributed by atoms with van der Waals surface area (Å²) in [5.41, 5.74) is 0.866. The number of sulfone groups is 1. The van der Waals surface area contributed by atoms with E-state index in [0.29, 0.717) is 10.8 Å². The molecule has 0 N–H and O–H groups in total. The first-order valence-corrected chi connectivity index (χ1v) is 7.86. The summed E-state index contributed by atoms with van der Waals surface area (Å²) in [5.74, 6) is 0.535. The van der Waals surface area contributed by atoms with Crippen molar-refractivity contribution in [3.63, 3.8) is 0 Å². The highest BCUT2D eigenvalue weighted by Gasteiger charge is 2.32. The van der Waals surface area contributed by atoms with E-state index < -0.39 is 9.84 Å². The zero-order valence-electron chi connectivity index (χ0n) is 10.5. The Morgan fingerprint density at radius 2 is 1.88 bits per heavy atom. The van der Waals surface area contributed by atoms with Crippen LogP contribution in [0, 0.1) is 12.8 Å². The second kappa shape index (κ2) is 4.81. The zero-order valence-corrected chi connectivity index (χ0v) is 11.3. The molecule has 3 heteroatoms. The van der Waals surface area contributed by atoms with E-state index in [0.717, 1.165) is 24.8 Å². The van der Waals surface area contributed by atoms with Crippen molar-refractivity contribution in [3.8, 4) is 0 Å². The van der Waals surface area contributed by atoms with Gasteiger partial charge in [0.25, 0.3) is 0 Å². The first-order chi connectivity index (χ1) is 8.01. The molecule has 0 amide bonds. The van der Waals surface area contributed by atoms with E-state index in [9.17, 15) is 8.42 Å². The smallest absolute Gasteiger partial charge is 0.181 e. The lowest BCUT2D eigenvalue weighted by Crippen LogP contribution is -2.27. The molecule has 0 bridgehead atoms. The molecule has 1 saturated carbocycles. The van der Waals surface area contributed by atoms with E-state index in [2.05, 4.69) is 6.92 Å². The highest BCUT2D eigenvalue weighted by atomic mass is 32.2. The molecule has 1 aromatic carbocycles. The summed E-state index contributed by atoms with van der Waals surface area (Å²) in [4.78, 5) is 0.527. The molecule has 1 aliphatic rings. The predicted molar refractivity (Wildman–Crippen MR) is 69.8 cm³/mol. The first kappa shape index (κ1) is 12.6. The normalized spacial score (nSPS) is 25.8. The Bertz CT molecular complexity index is 491. The molecule has 2 unspecified atom stereocenters. The standard InChI is InChI=1S/C14H20O2S/c1-11-6-5-8-13(10-11)17(15,16)14-9-4-3-7-12(14)2/h3-4,7,9,11,13H,5-6,8,10H2,1-2H3. The molecule has 0 radical (unpaired) electrons. The summed E-state index contributed by atoms with van der Waals surface area (Å²) >= 11 is 0. The number of aryl methyl sites for hydroxylation is 1. The maximum absolute atomic E-state index is 12.6. The summed E-state index contributed by atoms with van der Waals surface area (Å²) < 4.78 is 25.1. The average Bonchev–Trinajstić information content (AvgIpc) is 2.29. The van der Waals surface area contributed by atoms with Gasteiger partial charge in [0.2, 0.25) is 0 Å². The molecular weight excluding hydrogens is 232 g/mol. The Balaban J connectivity index is 2.33. The molecular formula is C14H20O2S. The fraction of sp³-hybridized carbons (Fsp3) is 0.571. The molecule has 1 aliphatic carbocycles. The SMILES string of the molecule is Cc1ccccc1S(=O)(=O)C1CCCC(C)C1. The highest BCUT2D eigenvalue weighted by Crippen LogP contribution is 2.32. The van der Waals surface area contributed by atoms with Gasteiger partial charge in [-0.25, -0.2) is 8.42 Å². The number of benzene rings is 1. The largest absolute Gasteiger partial charge is 0.223 e. The van der Waals surface area contributed by atoms with E-state index in [1.807, 2.05) is 25.1 Å². The summed E-state index contributed by atoms with van der Waals surface area (Å²) in [7, 11) is -3.13. The second-order valence-electron chi connectivity index (χ2n) is 5.20. The van der Waals surface area contributed by atoms with Crippen LogP contribution in [0.1, 0.15) is 38.2 Å². The van der Waals surface area contributed by atoms with Gasteiger partial charge in [-0.2, -0.15) is 0 Å². The van der Waals surface area contributed by atoms with Gasteiger partial charge in [0.15, 0.2) is 9.84 Å². The molecule has 0 aliphatic heterocycles. The fourth-order valence-electron chi connectivity index (χ4n) is 2.72. The predicted octanol–water partition coefficient (Wildman–Crippen LogP) is 3.35. The van der Waals surface area contributed by atoms with Crippen molar-refractivity contribution < 1.29 is 8.42 Å². The van der Waals surface area contributed by atoms with Crippen molar-refractivity contribution in [2.24, 2.45) is 5.92 Å². The minimum Gasteiger partial charge on any atom is -0.223 e. The van der Waals surface area contributed by atoms with Crippen LogP contribution in [0.4, 0.5) is 0 Å². The molecule has 0 spiro atoms. The average molecular weight is 252 g/mol. The summed E-state index contributed by atoms with van der Waals surface area (Å²) in [6, 6.07) is 7.31. The third kappa shape index (κ3) is 2.54. The van der Waals surface area contributed by atoms with Crippen LogP contribution in [0.3, 0.4) is 0 Å². The Kier molecular flexibility index (Phi) is 3.57. The van der Waals surface area contributed by atoms with Gasteiger partial charge in [0, 0.05) is 0 Å². The minimum absolute atomic E-state index is 0.174. The highest BCUT2D eigenvalue weighted by molar-refractivity contribution is 7.92. The number of rotatable bonds is 2. The molecule has 1 aromatic rings. The summed E-state index contributed by atoms with van der Waals surface area (Å²) in [6.07, 6.45) is 3.84. The van der Waals surface area contributed by atoms with Gasteiger partial charge in [-0.05, 0) is 37.3 Å². The maximum atomic E-state index is 12.6. The van der Waals surface area contributed by atoms with Gasteiger partial charge in [-0.15, -0.1) is 0 Å². The molecule has 0 aromatic heterocycles. The Hall–Kier alpha value is -0.830. The topological polar surface area (TPSA) is 34.1 Å². The van der Waals surface area contributed by atoms with Crippen molar-refractivity contribution in [1.29, 1.82) is 0 Å². The molecule has 1 fully saturated rings. The van der Waals surface area contributed by atoms with Gasteiger partial charge in [-0.3, -0.25) is 0 Å². The lowest BCUT2D eigenvalue weighted by Gasteiger charge is -2.27. The third-order valence-electron chi connectivity index (χ3n) is 3.73. The fourth-order valence-corrected chi connectivity index (χ4v) is 4.92. The van der Waals surface area contributed by atoms with E-state index in [-0.39, 0.29) is 5.25 Å². The van der Waals surface area contributed by atoms with Gasteiger partial charge < -0.3 is 0 Å². The molecule has 94 valence electrons. The van der Waals surface area contributed by atoms with Crippen molar-refractivity contribution in [2.45, 2.75) is 49.7 Å². The van der Waals surface area contributed by atoms with Crippen molar-refractivity contribution in [3.05, 3.63) is 29.8 Å². The van der Waals surface area contributed by atoms with E-state index in [1.165, 1.54) is 6.42 Å². The van der Waals surface area contributed by atoms with Crippen molar-refractivity contribution in [2.75, 3.05) is 0 Å². The molecule has 17 heavy (non-hydrogen) atoms. The third-order valence-corrected chi connectivity index (χ3v) is 6.10. The molecule has 0 heterocycles. The molecule has 0 saturated heterocycles. The van der Waals surface area contributed by atoms with Crippen LogP contribution in [0.25, 0.3) is 0 Å². The first-order valence-electron chi connectivity index (χ1n) is 6.31. The van der Waals surface area contributed by atoms with Crippen LogP contribution >= 0.6 is 0 Å². The summed E-state index contributed by atoms with van der Waals surface area (Å²) in [6.45, 7) is 4.03. The van der Waals surface area contributed by atoms with Crippen molar-refractivity contribution in [1.82, 2.24) is 0 Å². The van der Waals surface area contributed by atoms with Gasteiger partial charge >= 0.3 is 0 Å². The van der Waals surface area contributed by atoms with Crippen LogP contribution in [-0.2, 0) is 9.84 Å². The van der Waals surface area contributed by atoms with Crippen molar-refractivity contribution >= 4 is 9.84 Å². The molecule has 2 atom stereocenters. The van der Waals surface area contributed by atoms with Crippen LogP contribution in [0.5, 0.6) is 0 Å². The Morgan fingerprint density at radius 3 is 2.53 bits per heavy atom. The summed E-state index contributed by atoms with van der Waals surface area (Å²) in [5, 5.41) is -0.174. The molecule has 2 nitrogen and oxygen atoms in total. The van der Waals surface area contributed by atoms with E-state index >= 15 is 0 Å². The Morgan fingerprint density at radius 1 is 1.18 bits per heavy atom. The Labute approximate surface area is 104 Å². The van der Waals surface area contributed by atoms with Crippen LogP contribution in [0.15, 0.2) is 29.2 Å². The van der Waals surface area contributed by atoms with Crippen LogP contribution < -0.4 is 0 Å². The van der Waals surface area contributed by atoms with E-state index in [1.54, 1.807) is 6.07 Å². The zero-order chi connectivity index (χ0) is 12.5. The number of hydrogen-bond donors (Lipinski definition) is 0. The quantitative estimate of drug-likeness (QED) is 0.809. The molecule has 2 rings (SSSR count). The van der Waals surface area contributed by atoms with E-state index in [4.69, 9.17) is 0 Å². The van der Waals surface area contributed by atoms with Gasteiger partial charge in [0.05, 0.1) is 10.1 Å². The monoisotopic (exact) mass is 252 g/mol. The van der Waals surface area contributed by atoms with Crippen LogP contribution in [0.2, 0.25) is 0 Å².